The first-order valence-electron chi connectivity index (χ1n) is 6.78. The summed E-state index contributed by atoms with van der Waals surface area (Å²) in [5.74, 6) is -0.141. The first-order valence-corrected chi connectivity index (χ1v) is 7.15. The summed E-state index contributed by atoms with van der Waals surface area (Å²) in [4.78, 5) is 18.5. The van der Waals surface area contributed by atoms with E-state index in [0.29, 0.717) is 11.3 Å². The van der Waals surface area contributed by atoms with Gasteiger partial charge >= 0.3 is 5.95 Å². The van der Waals surface area contributed by atoms with Crippen molar-refractivity contribution in [3.8, 4) is 17.4 Å². The fourth-order valence-corrected chi connectivity index (χ4v) is 2.16. The number of hydrogen-bond acceptors (Lipinski definition) is 6. The molecular formula is C16H10ClN3O4. The number of rotatable bonds is 4. The molecular weight excluding hydrogens is 334 g/mol. The molecule has 1 aromatic heterocycles. The fraction of sp³-hybridized carbons (Fsp3) is 0. The van der Waals surface area contributed by atoms with Gasteiger partial charge < -0.3 is 9.52 Å². The number of nitrogens with zero attached hydrogens (tertiary/aromatic N) is 3. The molecule has 0 spiro atoms. The van der Waals surface area contributed by atoms with Crippen LogP contribution in [0.4, 0.5) is 11.4 Å². The van der Waals surface area contributed by atoms with Crippen LogP contribution in [-0.2, 0) is 0 Å². The molecule has 2 aromatic carbocycles. The molecule has 7 nitrogen and oxygen atoms in total. The lowest BCUT2D eigenvalue weighted by atomic mass is 10.2. The van der Waals surface area contributed by atoms with E-state index in [4.69, 9.17) is 16.0 Å². The van der Waals surface area contributed by atoms with Gasteiger partial charge in [-0.3, -0.25) is 15.1 Å². The van der Waals surface area contributed by atoms with Crippen LogP contribution in [-0.4, -0.2) is 21.2 Å². The summed E-state index contributed by atoms with van der Waals surface area (Å²) in [6, 6.07) is 13.2. The maximum Gasteiger partial charge on any atom is 0.312 e. The van der Waals surface area contributed by atoms with Crippen molar-refractivity contribution < 1.29 is 14.4 Å². The smallest absolute Gasteiger partial charge is 0.312 e. The molecule has 0 saturated heterocycles. The van der Waals surface area contributed by atoms with Crippen molar-refractivity contribution in [2.45, 2.75) is 0 Å². The van der Waals surface area contributed by atoms with Crippen LogP contribution in [0.1, 0.15) is 5.69 Å². The van der Waals surface area contributed by atoms with Crippen LogP contribution in [0.3, 0.4) is 0 Å². The van der Waals surface area contributed by atoms with E-state index < -0.39 is 4.92 Å². The molecule has 0 amide bonds. The lowest BCUT2D eigenvalue weighted by Crippen LogP contribution is -1.88. The minimum Gasteiger partial charge on any atom is -0.479 e. The van der Waals surface area contributed by atoms with Crippen LogP contribution in [0.15, 0.2) is 57.9 Å². The Balaban J connectivity index is 1.89. The lowest BCUT2D eigenvalue weighted by Gasteiger charge is -1.96. The van der Waals surface area contributed by atoms with Crippen LogP contribution in [0.5, 0.6) is 5.95 Å². The Labute approximate surface area is 141 Å². The predicted octanol–water partition coefficient (Wildman–Crippen LogP) is 4.36. The minimum atomic E-state index is -0.595. The molecule has 24 heavy (non-hydrogen) atoms. The third-order valence-electron chi connectivity index (χ3n) is 3.12. The van der Waals surface area contributed by atoms with E-state index in [9.17, 15) is 15.2 Å². The topological polar surface area (TPSA) is 102 Å². The molecule has 1 N–H and O–H groups in total. The van der Waals surface area contributed by atoms with E-state index in [1.807, 2.05) is 18.2 Å². The predicted molar refractivity (Wildman–Crippen MR) is 89.0 cm³/mol. The minimum absolute atomic E-state index is 0.0228. The van der Waals surface area contributed by atoms with Gasteiger partial charge in [-0.1, -0.05) is 29.8 Å². The van der Waals surface area contributed by atoms with Crippen LogP contribution >= 0.6 is 11.6 Å². The molecule has 3 aromatic rings. The lowest BCUT2D eigenvalue weighted by molar-refractivity contribution is -0.384. The van der Waals surface area contributed by atoms with Crippen molar-refractivity contribution in [3.05, 3.63) is 69.4 Å². The van der Waals surface area contributed by atoms with E-state index in [1.165, 1.54) is 24.4 Å². The second-order valence-corrected chi connectivity index (χ2v) is 5.13. The Morgan fingerprint density at radius 1 is 1.25 bits per heavy atom. The average Bonchev–Trinajstić information content (AvgIpc) is 2.95. The molecule has 0 bridgehead atoms. The number of aliphatic imine (C=N–C) groups is 1. The largest absolute Gasteiger partial charge is 0.479 e. The molecule has 1 heterocycles. The highest BCUT2D eigenvalue weighted by atomic mass is 35.5. The highest BCUT2D eigenvalue weighted by Gasteiger charge is 2.14. The number of benzene rings is 2. The number of oxazole rings is 1. The number of halogens is 1. The van der Waals surface area contributed by atoms with Gasteiger partial charge in [-0.05, 0) is 24.3 Å². The number of aromatic hydroxyl groups is 1. The number of nitro groups is 1. The number of nitro benzene ring substituents is 1. The van der Waals surface area contributed by atoms with Crippen molar-refractivity contribution in [1.29, 1.82) is 0 Å². The van der Waals surface area contributed by atoms with Crippen LogP contribution in [0.25, 0.3) is 11.5 Å². The Morgan fingerprint density at radius 2 is 2.00 bits per heavy atom. The summed E-state index contributed by atoms with van der Waals surface area (Å²) in [6.45, 7) is 0. The zero-order valence-electron chi connectivity index (χ0n) is 12.1. The molecule has 0 unspecified atom stereocenters. The van der Waals surface area contributed by atoms with Crippen LogP contribution in [0.2, 0.25) is 5.02 Å². The quantitative estimate of drug-likeness (QED) is 0.430. The van der Waals surface area contributed by atoms with E-state index >= 15 is 0 Å². The number of aromatic nitrogens is 1. The SMILES string of the molecule is O=[N+]([O-])c1cc(N=Cc2nc(-c3ccccc3)oc2O)ccc1Cl. The van der Waals surface area contributed by atoms with Crippen molar-refractivity contribution in [2.75, 3.05) is 0 Å². The molecule has 0 aliphatic rings. The third kappa shape index (κ3) is 3.26. The van der Waals surface area contributed by atoms with Gasteiger partial charge in [0.15, 0.2) is 5.69 Å². The Hall–Kier alpha value is -3.19. The summed E-state index contributed by atoms with van der Waals surface area (Å²) in [6.07, 6.45) is 1.26. The average molecular weight is 344 g/mol. The third-order valence-corrected chi connectivity index (χ3v) is 3.44. The fourth-order valence-electron chi connectivity index (χ4n) is 1.97. The van der Waals surface area contributed by atoms with Gasteiger partial charge in [0.2, 0.25) is 5.89 Å². The van der Waals surface area contributed by atoms with E-state index in [-0.39, 0.29) is 28.2 Å². The molecule has 0 radical (unpaired) electrons. The maximum absolute atomic E-state index is 10.9. The highest BCUT2D eigenvalue weighted by molar-refractivity contribution is 6.32. The van der Waals surface area contributed by atoms with Crippen molar-refractivity contribution in [3.63, 3.8) is 0 Å². The summed E-state index contributed by atoms with van der Waals surface area (Å²) in [5.41, 5.74) is 0.872. The molecule has 0 aliphatic heterocycles. The Morgan fingerprint density at radius 3 is 2.71 bits per heavy atom. The van der Waals surface area contributed by atoms with Gasteiger partial charge in [0, 0.05) is 11.6 Å². The van der Waals surface area contributed by atoms with Gasteiger partial charge in [-0.25, -0.2) is 4.98 Å². The highest BCUT2D eigenvalue weighted by Crippen LogP contribution is 2.29. The monoisotopic (exact) mass is 343 g/mol. The van der Waals surface area contributed by atoms with E-state index in [2.05, 4.69) is 9.98 Å². The van der Waals surface area contributed by atoms with Crippen LogP contribution < -0.4 is 0 Å². The molecule has 0 atom stereocenters. The van der Waals surface area contributed by atoms with Crippen molar-refractivity contribution >= 4 is 29.2 Å². The molecule has 8 heteroatoms. The molecule has 0 saturated carbocycles. The Kier molecular flexibility index (Phi) is 4.26. The van der Waals surface area contributed by atoms with Gasteiger partial charge in [-0.2, -0.15) is 0 Å². The van der Waals surface area contributed by atoms with E-state index in [0.717, 1.165) is 0 Å². The Bertz CT molecular complexity index is 922. The summed E-state index contributed by atoms with van der Waals surface area (Å²) >= 11 is 5.74. The standard InChI is InChI=1S/C16H10ClN3O4/c17-12-7-6-11(8-14(12)20(22)23)18-9-13-16(21)24-15(19-13)10-4-2-1-3-5-10/h1-9,21H. The summed E-state index contributed by atoms with van der Waals surface area (Å²) in [5, 5.41) is 20.7. The molecule has 0 aliphatic carbocycles. The molecule has 3 rings (SSSR count). The van der Waals surface area contributed by atoms with Gasteiger partial charge in [0.25, 0.3) is 5.69 Å². The van der Waals surface area contributed by atoms with Gasteiger partial charge in [-0.15, -0.1) is 0 Å². The molecule has 120 valence electrons. The first-order chi connectivity index (χ1) is 11.5. The first kappa shape index (κ1) is 15.7. The maximum atomic E-state index is 10.9. The number of hydrogen-bond donors (Lipinski definition) is 1. The second-order valence-electron chi connectivity index (χ2n) is 4.73. The van der Waals surface area contributed by atoms with Crippen LogP contribution in [0, 0.1) is 10.1 Å². The summed E-state index contributed by atoms with van der Waals surface area (Å²) < 4.78 is 5.19. The van der Waals surface area contributed by atoms with Gasteiger partial charge in [0.1, 0.15) is 5.02 Å². The van der Waals surface area contributed by atoms with Crippen molar-refractivity contribution in [1.82, 2.24) is 4.98 Å². The normalized spacial score (nSPS) is 11.0. The second kappa shape index (κ2) is 6.51. The summed E-state index contributed by atoms with van der Waals surface area (Å²) in [7, 11) is 0. The van der Waals surface area contributed by atoms with Gasteiger partial charge in [0.05, 0.1) is 16.8 Å². The zero-order chi connectivity index (χ0) is 17.1. The van der Waals surface area contributed by atoms with E-state index in [1.54, 1.807) is 12.1 Å². The van der Waals surface area contributed by atoms with Crippen molar-refractivity contribution in [2.24, 2.45) is 4.99 Å². The molecule has 0 fully saturated rings. The zero-order valence-corrected chi connectivity index (χ0v) is 12.8.